The lowest BCUT2D eigenvalue weighted by Gasteiger charge is -2.24. The van der Waals surface area contributed by atoms with Crippen molar-refractivity contribution in [1.82, 2.24) is 0 Å². The van der Waals surface area contributed by atoms with E-state index in [0.717, 1.165) is 36.1 Å². The number of thioether (sulfide) groups is 1. The van der Waals surface area contributed by atoms with Crippen molar-refractivity contribution >= 4 is 17.8 Å². The fourth-order valence-corrected chi connectivity index (χ4v) is 2.95. The van der Waals surface area contributed by atoms with Gasteiger partial charge in [-0.25, -0.2) is 4.79 Å². The standard InChI is InChI=1S/C13H15NO2S/c1-17-10-4-5-11(12(16)8-10)13(14-9-15)6-2-3-7-13/h4-5,8,16H,2-3,6-7H2,1H3. The summed E-state index contributed by atoms with van der Waals surface area (Å²) in [6.07, 6.45) is 7.33. The molecule has 0 aliphatic heterocycles. The zero-order chi connectivity index (χ0) is 12.3. The molecule has 90 valence electrons. The Morgan fingerprint density at radius 1 is 1.41 bits per heavy atom. The summed E-state index contributed by atoms with van der Waals surface area (Å²) in [7, 11) is 0. The smallest absolute Gasteiger partial charge is 0.235 e. The molecule has 0 heterocycles. The quantitative estimate of drug-likeness (QED) is 0.508. The average molecular weight is 249 g/mol. The van der Waals surface area contributed by atoms with Gasteiger partial charge >= 0.3 is 0 Å². The van der Waals surface area contributed by atoms with Crippen LogP contribution in [0.25, 0.3) is 0 Å². The second-order valence-electron chi connectivity index (χ2n) is 4.32. The molecule has 1 aromatic carbocycles. The van der Waals surface area contributed by atoms with Gasteiger partial charge in [-0.3, -0.25) is 0 Å². The normalized spacial score (nSPS) is 17.7. The van der Waals surface area contributed by atoms with Gasteiger partial charge in [-0.05, 0) is 31.2 Å². The molecule has 0 atom stereocenters. The summed E-state index contributed by atoms with van der Waals surface area (Å²) in [6, 6.07) is 5.58. The number of aromatic hydroxyl groups is 1. The highest BCUT2D eigenvalue weighted by molar-refractivity contribution is 7.98. The highest BCUT2D eigenvalue weighted by atomic mass is 32.2. The van der Waals surface area contributed by atoms with E-state index in [0.29, 0.717) is 0 Å². The van der Waals surface area contributed by atoms with E-state index >= 15 is 0 Å². The predicted molar refractivity (Wildman–Crippen MR) is 68.2 cm³/mol. The Morgan fingerprint density at radius 2 is 2.12 bits per heavy atom. The van der Waals surface area contributed by atoms with Gasteiger partial charge < -0.3 is 5.11 Å². The van der Waals surface area contributed by atoms with Crippen molar-refractivity contribution in [3.63, 3.8) is 0 Å². The Labute approximate surface area is 105 Å². The molecule has 1 saturated carbocycles. The highest BCUT2D eigenvalue weighted by Gasteiger charge is 2.37. The lowest BCUT2D eigenvalue weighted by Crippen LogP contribution is -2.18. The van der Waals surface area contributed by atoms with Crippen molar-refractivity contribution in [3.05, 3.63) is 23.8 Å². The molecule has 17 heavy (non-hydrogen) atoms. The Bertz CT molecular complexity index is 460. The van der Waals surface area contributed by atoms with Crippen LogP contribution in [0, 0.1) is 0 Å². The van der Waals surface area contributed by atoms with Gasteiger partial charge in [0.2, 0.25) is 6.08 Å². The molecule has 0 radical (unpaired) electrons. The van der Waals surface area contributed by atoms with E-state index in [9.17, 15) is 9.90 Å². The van der Waals surface area contributed by atoms with Gasteiger partial charge in [0.25, 0.3) is 0 Å². The van der Waals surface area contributed by atoms with E-state index in [1.807, 2.05) is 18.4 Å². The summed E-state index contributed by atoms with van der Waals surface area (Å²) >= 11 is 1.58. The van der Waals surface area contributed by atoms with Gasteiger partial charge in [0.1, 0.15) is 11.3 Å². The van der Waals surface area contributed by atoms with Crippen LogP contribution in [0.5, 0.6) is 5.75 Å². The van der Waals surface area contributed by atoms with Crippen molar-refractivity contribution in [2.75, 3.05) is 6.26 Å². The lowest BCUT2D eigenvalue weighted by atomic mass is 9.88. The van der Waals surface area contributed by atoms with Crippen LogP contribution in [0.3, 0.4) is 0 Å². The number of rotatable bonds is 3. The fraction of sp³-hybridized carbons (Fsp3) is 0.462. The first-order chi connectivity index (χ1) is 8.22. The lowest BCUT2D eigenvalue weighted by molar-refractivity contribution is 0.407. The third-order valence-corrected chi connectivity index (χ3v) is 4.12. The SMILES string of the molecule is CSc1ccc(C2(N=C=O)CCCC2)c(O)c1. The summed E-state index contributed by atoms with van der Waals surface area (Å²) in [4.78, 5) is 15.6. The Kier molecular flexibility index (Phi) is 3.55. The molecule has 0 amide bonds. The second-order valence-corrected chi connectivity index (χ2v) is 5.20. The van der Waals surface area contributed by atoms with Crippen LogP contribution >= 0.6 is 11.8 Å². The number of nitrogens with zero attached hydrogens (tertiary/aromatic N) is 1. The fourth-order valence-electron chi connectivity index (χ4n) is 2.52. The molecule has 1 aliphatic carbocycles. The third-order valence-electron chi connectivity index (χ3n) is 3.40. The van der Waals surface area contributed by atoms with E-state index in [1.54, 1.807) is 23.9 Å². The van der Waals surface area contributed by atoms with Crippen LogP contribution in [0.1, 0.15) is 31.2 Å². The monoisotopic (exact) mass is 249 g/mol. The highest BCUT2D eigenvalue weighted by Crippen LogP contribution is 2.45. The summed E-state index contributed by atoms with van der Waals surface area (Å²) in [5, 5.41) is 10.1. The Morgan fingerprint density at radius 3 is 2.65 bits per heavy atom. The maximum absolute atomic E-state index is 10.6. The average Bonchev–Trinajstić information content (AvgIpc) is 2.79. The van der Waals surface area contributed by atoms with E-state index in [2.05, 4.69) is 4.99 Å². The summed E-state index contributed by atoms with van der Waals surface area (Å²) in [5.41, 5.74) is 0.221. The molecule has 1 aliphatic rings. The molecule has 2 rings (SSSR count). The van der Waals surface area contributed by atoms with Crippen LogP contribution < -0.4 is 0 Å². The molecule has 3 nitrogen and oxygen atoms in total. The molecule has 0 saturated heterocycles. The maximum atomic E-state index is 10.6. The molecule has 1 aromatic rings. The van der Waals surface area contributed by atoms with E-state index in [4.69, 9.17) is 0 Å². The minimum absolute atomic E-state index is 0.234. The third kappa shape index (κ3) is 2.24. The zero-order valence-electron chi connectivity index (χ0n) is 9.77. The second kappa shape index (κ2) is 4.94. The van der Waals surface area contributed by atoms with Gasteiger partial charge in [0.15, 0.2) is 0 Å². The number of phenols is 1. The Hall–Kier alpha value is -1.25. The van der Waals surface area contributed by atoms with Gasteiger partial charge in [-0.1, -0.05) is 18.9 Å². The topological polar surface area (TPSA) is 49.7 Å². The van der Waals surface area contributed by atoms with Gasteiger partial charge in [0.05, 0.1) is 0 Å². The van der Waals surface area contributed by atoms with Crippen LogP contribution in [0.15, 0.2) is 28.1 Å². The van der Waals surface area contributed by atoms with Gasteiger partial charge in [-0.2, -0.15) is 4.99 Å². The van der Waals surface area contributed by atoms with Gasteiger partial charge in [0, 0.05) is 10.5 Å². The number of isocyanates is 1. The number of aliphatic imine (C=N–C) groups is 1. The molecule has 0 unspecified atom stereocenters. The minimum atomic E-state index is -0.539. The molecule has 0 spiro atoms. The summed E-state index contributed by atoms with van der Waals surface area (Å²) in [6.45, 7) is 0. The van der Waals surface area contributed by atoms with Crippen LogP contribution in [0.4, 0.5) is 0 Å². The first-order valence-electron chi connectivity index (χ1n) is 5.68. The first kappa shape index (κ1) is 12.2. The van der Waals surface area contributed by atoms with E-state index < -0.39 is 5.54 Å². The molecule has 1 fully saturated rings. The van der Waals surface area contributed by atoms with E-state index in [-0.39, 0.29) is 5.75 Å². The van der Waals surface area contributed by atoms with Gasteiger partial charge in [-0.15, -0.1) is 11.8 Å². The minimum Gasteiger partial charge on any atom is -0.508 e. The molecular formula is C13H15NO2S. The maximum Gasteiger partial charge on any atom is 0.235 e. The Balaban J connectivity index is 2.47. The molecular weight excluding hydrogens is 234 g/mol. The number of benzene rings is 1. The number of carbonyl (C=O) groups excluding carboxylic acids is 1. The van der Waals surface area contributed by atoms with E-state index in [1.165, 1.54) is 0 Å². The number of hydrogen-bond acceptors (Lipinski definition) is 4. The largest absolute Gasteiger partial charge is 0.508 e. The molecule has 0 aromatic heterocycles. The van der Waals surface area contributed by atoms with Crippen LogP contribution in [-0.4, -0.2) is 17.4 Å². The van der Waals surface area contributed by atoms with Crippen molar-refractivity contribution < 1.29 is 9.90 Å². The van der Waals surface area contributed by atoms with Crippen molar-refractivity contribution in [3.8, 4) is 5.75 Å². The molecule has 1 N–H and O–H groups in total. The van der Waals surface area contributed by atoms with Crippen molar-refractivity contribution in [2.24, 2.45) is 4.99 Å². The summed E-state index contributed by atoms with van der Waals surface area (Å²) < 4.78 is 0. The first-order valence-corrected chi connectivity index (χ1v) is 6.91. The zero-order valence-corrected chi connectivity index (χ0v) is 10.6. The van der Waals surface area contributed by atoms with Crippen LogP contribution in [0.2, 0.25) is 0 Å². The molecule has 0 bridgehead atoms. The molecule has 4 heteroatoms. The predicted octanol–water partition coefficient (Wildman–Crippen LogP) is 3.22. The number of hydrogen-bond donors (Lipinski definition) is 1. The van der Waals surface area contributed by atoms with Crippen molar-refractivity contribution in [2.45, 2.75) is 36.1 Å². The van der Waals surface area contributed by atoms with Crippen LogP contribution in [-0.2, 0) is 10.3 Å². The van der Waals surface area contributed by atoms with Crippen molar-refractivity contribution in [1.29, 1.82) is 0 Å². The summed E-state index contributed by atoms with van der Waals surface area (Å²) in [5.74, 6) is 0.234. The number of phenolic OH excluding ortho intramolecular Hbond substituents is 1.